The molecule has 0 saturated carbocycles. The van der Waals surface area contributed by atoms with Gasteiger partial charge in [-0.1, -0.05) is 29.8 Å². The van der Waals surface area contributed by atoms with Crippen LogP contribution in [-0.2, 0) is 0 Å². The summed E-state index contributed by atoms with van der Waals surface area (Å²) in [5.41, 5.74) is 4.59. The normalized spacial score (nSPS) is 17.0. The summed E-state index contributed by atoms with van der Waals surface area (Å²) < 4.78 is 11.1. The number of anilines is 1. The van der Waals surface area contributed by atoms with Gasteiger partial charge in [-0.25, -0.2) is 9.99 Å². The molecule has 4 aromatic rings. The molecular formula is C23H16ClN5O2S. The molecule has 2 aromatic heterocycles. The Kier molecular flexibility index (Phi) is 4.74. The van der Waals surface area contributed by atoms with E-state index in [0.29, 0.717) is 11.4 Å². The maximum atomic E-state index is 6.04. The molecule has 0 unspecified atom stereocenters. The van der Waals surface area contributed by atoms with Crippen molar-refractivity contribution in [1.29, 1.82) is 0 Å². The van der Waals surface area contributed by atoms with E-state index in [9.17, 15) is 0 Å². The number of thiazole rings is 1. The Labute approximate surface area is 193 Å². The summed E-state index contributed by atoms with van der Waals surface area (Å²) in [4.78, 5) is 13.5. The van der Waals surface area contributed by atoms with E-state index >= 15 is 0 Å². The first-order chi connectivity index (χ1) is 15.7. The minimum absolute atomic E-state index is 0.0503. The van der Waals surface area contributed by atoms with Crippen molar-refractivity contribution in [3.63, 3.8) is 0 Å². The second kappa shape index (κ2) is 7.89. The molecule has 7 nitrogen and oxygen atoms in total. The van der Waals surface area contributed by atoms with Gasteiger partial charge in [-0.15, -0.1) is 11.3 Å². The summed E-state index contributed by atoms with van der Waals surface area (Å²) in [6.45, 7) is 0.242. The van der Waals surface area contributed by atoms with E-state index in [1.807, 2.05) is 52.9 Å². The lowest BCUT2D eigenvalue weighted by Gasteiger charge is -2.21. The van der Waals surface area contributed by atoms with Crippen molar-refractivity contribution in [3.8, 4) is 22.8 Å². The fourth-order valence-electron chi connectivity index (χ4n) is 3.79. The van der Waals surface area contributed by atoms with Gasteiger partial charge in [0.1, 0.15) is 5.69 Å². The number of fused-ring (bicyclic) bond motifs is 1. The van der Waals surface area contributed by atoms with Gasteiger partial charge in [-0.2, -0.15) is 5.10 Å². The van der Waals surface area contributed by atoms with E-state index in [-0.39, 0.29) is 12.8 Å². The summed E-state index contributed by atoms with van der Waals surface area (Å²) in [7, 11) is 0. The first-order valence-electron chi connectivity index (χ1n) is 9.99. The van der Waals surface area contributed by atoms with Crippen molar-refractivity contribution >= 4 is 33.8 Å². The van der Waals surface area contributed by atoms with Crippen molar-refractivity contribution in [1.82, 2.24) is 15.0 Å². The third kappa shape index (κ3) is 3.47. The molecule has 6 rings (SSSR count). The highest BCUT2D eigenvalue weighted by molar-refractivity contribution is 7.14. The largest absolute Gasteiger partial charge is 0.454 e. The van der Waals surface area contributed by atoms with Gasteiger partial charge in [0, 0.05) is 34.8 Å². The van der Waals surface area contributed by atoms with Gasteiger partial charge >= 0.3 is 0 Å². The van der Waals surface area contributed by atoms with E-state index in [4.69, 9.17) is 31.2 Å². The number of hydrazone groups is 1. The van der Waals surface area contributed by atoms with Gasteiger partial charge in [0.25, 0.3) is 0 Å². The van der Waals surface area contributed by atoms with Crippen LogP contribution in [0.2, 0.25) is 5.02 Å². The molecule has 0 fully saturated rings. The molecule has 0 radical (unpaired) electrons. The Morgan fingerprint density at radius 3 is 2.72 bits per heavy atom. The molecule has 0 spiro atoms. The van der Waals surface area contributed by atoms with E-state index in [1.165, 1.54) is 0 Å². The van der Waals surface area contributed by atoms with Crippen LogP contribution in [0.15, 0.2) is 71.5 Å². The van der Waals surface area contributed by atoms with Gasteiger partial charge in [0.15, 0.2) is 11.5 Å². The standard InChI is InChI=1S/C23H16ClN5O2S/c24-16-4-1-14(2-5-16)19-12-32-23(27-19)29-20(10-17(28-29)18-11-25-7-8-26-18)15-3-6-21-22(9-15)31-13-30-21/h1-9,11-12,20H,10,13H2/t20-/m1/s1. The Balaban J connectivity index is 1.39. The van der Waals surface area contributed by atoms with E-state index in [0.717, 1.165) is 44.9 Å². The first-order valence-corrected chi connectivity index (χ1v) is 11.2. The Morgan fingerprint density at radius 1 is 1.00 bits per heavy atom. The second-order valence-electron chi connectivity index (χ2n) is 7.34. The van der Waals surface area contributed by atoms with Gasteiger partial charge in [0.2, 0.25) is 11.9 Å². The maximum Gasteiger partial charge on any atom is 0.231 e. The molecule has 9 heteroatoms. The monoisotopic (exact) mass is 461 g/mol. The zero-order chi connectivity index (χ0) is 21.5. The van der Waals surface area contributed by atoms with Crippen molar-refractivity contribution in [2.45, 2.75) is 12.5 Å². The van der Waals surface area contributed by atoms with E-state index in [1.54, 1.807) is 29.9 Å². The molecule has 0 N–H and O–H groups in total. The topological polar surface area (TPSA) is 72.7 Å². The fourth-order valence-corrected chi connectivity index (χ4v) is 4.75. The number of nitrogens with zero attached hydrogens (tertiary/aromatic N) is 5. The average molecular weight is 462 g/mol. The van der Waals surface area contributed by atoms with Crippen LogP contribution < -0.4 is 14.5 Å². The van der Waals surface area contributed by atoms with Crippen molar-refractivity contribution in [2.24, 2.45) is 5.10 Å². The van der Waals surface area contributed by atoms with Crippen LogP contribution >= 0.6 is 22.9 Å². The molecule has 4 heterocycles. The summed E-state index contributed by atoms with van der Waals surface area (Å²) >= 11 is 7.59. The summed E-state index contributed by atoms with van der Waals surface area (Å²) in [6.07, 6.45) is 5.75. The van der Waals surface area contributed by atoms with Crippen LogP contribution in [0.3, 0.4) is 0 Å². The highest BCUT2D eigenvalue weighted by Gasteiger charge is 2.33. The molecule has 2 aromatic carbocycles. The molecular weight excluding hydrogens is 446 g/mol. The second-order valence-corrected chi connectivity index (χ2v) is 8.61. The van der Waals surface area contributed by atoms with Crippen molar-refractivity contribution < 1.29 is 9.47 Å². The molecule has 1 atom stereocenters. The molecule has 32 heavy (non-hydrogen) atoms. The van der Waals surface area contributed by atoms with Crippen LogP contribution in [0.4, 0.5) is 5.13 Å². The summed E-state index contributed by atoms with van der Waals surface area (Å²) in [5.74, 6) is 1.50. The molecule has 158 valence electrons. The number of hydrogen-bond acceptors (Lipinski definition) is 8. The zero-order valence-electron chi connectivity index (χ0n) is 16.7. The minimum Gasteiger partial charge on any atom is -0.454 e. The van der Waals surface area contributed by atoms with Crippen molar-refractivity contribution in [2.75, 3.05) is 11.8 Å². The molecule has 0 amide bonds. The quantitative estimate of drug-likeness (QED) is 0.408. The number of halogens is 1. The van der Waals surface area contributed by atoms with E-state index in [2.05, 4.69) is 9.97 Å². The molecule has 2 aliphatic heterocycles. The lowest BCUT2D eigenvalue weighted by Crippen LogP contribution is -2.18. The SMILES string of the molecule is Clc1ccc(-c2csc(N3N=C(c4cnccn4)C[C@@H]3c3ccc4c(c3)OCO4)n2)cc1. The maximum absolute atomic E-state index is 6.04. The smallest absolute Gasteiger partial charge is 0.231 e. The Hall–Kier alpha value is -3.49. The van der Waals surface area contributed by atoms with Crippen LogP contribution in [0.1, 0.15) is 23.7 Å². The lowest BCUT2D eigenvalue weighted by atomic mass is 10.0. The van der Waals surface area contributed by atoms with Crippen molar-refractivity contribution in [3.05, 3.63) is 82.7 Å². The lowest BCUT2D eigenvalue weighted by molar-refractivity contribution is 0.174. The number of benzene rings is 2. The number of rotatable bonds is 4. The van der Waals surface area contributed by atoms with Crippen LogP contribution in [-0.4, -0.2) is 27.5 Å². The Morgan fingerprint density at radius 2 is 1.88 bits per heavy atom. The fraction of sp³-hybridized carbons (Fsp3) is 0.130. The minimum atomic E-state index is -0.0503. The highest BCUT2D eigenvalue weighted by atomic mass is 35.5. The Bertz CT molecular complexity index is 1310. The summed E-state index contributed by atoms with van der Waals surface area (Å²) in [6, 6.07) is 13.6. The first kappa shape index (κ1) is 19.2. The highest BCUT2D eigenvalue weighted by Crippen LogP contribution is 2.42. The molecule has 2 aliphatic rings. The third-order valence-electron chi connectivity index (χ3n) is 5.38. The van der Waals surface area contributed by atoms with Gasteiger partial charge in [0.05, 0.1) is 23.6 Å². The number of hydrogen-bond donors (Lipinski definition) is 0. The predicted molar refractivity (Wildman–Crippen MR) is 124 cm³/mol. The van der Waals surface area contributed by atoms with E-state index < -0.39 is 0 Å². The van der Waals surface area contributed by atoms with Crippen LogP contribution in [0.25, 0.3) is 11.3 Å². The summed E-state index contributed by atoms with van der Waals surface area (Å²) in [5, 5.41) is 10.4. The molecule has 0 aliphatic carbocycles. The number of aromatic nitrogens is 3. The van der Waals surface area contributed by atoms with Crippen LogP contribution in [0, 0.1) is 0 Å². The van der Waals surface area contributed by atoms with Gasteiger partial charge in [-0.05, 0) is 29.8 Å². The average Bonchev–Trinajstić information content (AvgIpc) is 3.58. The van der Waals surface area contributed by atoms with Crippen LogP contribution in [0.5, 0.6) is 11.5 Å². The van der Waals surface area contributed by atoms with Gasteiger partial charge < -0.3 is 9.47 Å². The molecule has 0 bridgehead atoms. The predicted octanol–water partition coefficient (Wildman–Crippen LogP) is 5.34. The molecule has 0 saturated heterocycles. The van der Waals surface area contributed by atoms with Gasteiger partial charge in [-0.3, -0.25) is 9.97 Å². The third-order valence-corrected chi connectivity index (χ3v) is 6.46. The zero-order valence-corrected chi connectivity index (χ0v) is 18.3. The number of ether oxygens (including phenoxy) is 2.